The van der Waals surface area contributed by atoms with Gasteiger partial charge in [0.25, 0.3) is 5.56 Å². The van der Waals surface area contributed by atoms with E-state index in [1.807, 2.05) is 42.3 Å². The molecule has 0 saturated carbocycles. The van der Waals surface area contributed by atoms with E-state index in [0.717, 1.165) is 48.1 Å². The van der Waals surface area contributed by atoms with Crippen molar-refractivity contribution in [1.82, 2.24) is 9.55 Å². The lowest BCUT2D eigenvalue weighted by molar-refractivity contribution is -0.118. The molecule has 0 N–H and O–H groups in total. The molecule has 1 aromatic carbocycles. The second kappa shape index (κ2) is 6.99. The number of aryl methyl sites for hydroxylation is 1. The van der Waals surface area contributed by atoms with Gasteiger partial charge in [-0.25, -0.2) is 0 Å². The van der Waals surface area contributed by atoms with E-state index >= 15 is 0 Å². The van der Waals surface area contributed by atoms with Crippen LogP contribution in [0.3, 0.4) is 0 Å². The lowest BCUT2D eigenvalue weighted by Gasteiger charge is -2.29. The van der Waals surface area contributed by atoms with Crippen LogP contribution < -0.4 is 10.5 Å². The number of amides is 1. The fourth-order valence-corrected chi connectivity index (χ4v) is 4.76. The predicted molar refractivity (Wildman–Crippen MR) is 113 cm³/mol. The first-order chi connectivity index (χ1) is 14.1. The number of carbonyl (C=O) groups is 1. The zero-order valence-electron chi connectivity index (χ0n) is 16.5. The van der Waals surface area contributed by atoms with Gasteiger partial charge in [-0.2, -0.15) is 0 Å². The van der Waals surface area contributed by atoms with Crippen LogP contribution in [-0.4, -0.2) is 22.5 Å². The molecule has 2 aliphatic rings. The van der Waals surface area contributed by atoms with E-state index in [9.17, 15) is 9.59 Å². The number of pyridine rings is 2. The summed E-state index contributed by atoms with van der Waals surface area (Å²) >= 11 is 0. The number of hydrogen-bond donors (Lipinski definition) is 0. The highest BCUT2D eigenvalue weighted by molar-refractivity contribution is 5.96. The molecule has 0 spiro atoms. The smallest absolute Gasteiger partial charge is 0.251 e. The molecule has 0 unspecified atom stereocenters. The summed E-state index contributed by atoms with van der Waals surface area (Å²) in [5, 5.41) is 0. The molecule has 5 nitrogen and oxygen atoms in total. The molecule has 2 aromatic heterocycles. The monoisotopic (exact) mass is 385 g/mol. The van der Waals surface area contributed by atoms with Crippen LogP contribution in [0.2, 0.25) is 0 Å². The van der Waals surface area contributed by atoms with Crippen molar-refractivity contribution in [2.45, 2.75) is 38.1 Å². The Kier molecular flexibility index (Phi) is 4.31. The average molecular weight is 385 g/mol. The molecule has 0 fully saturated rings. The lowest BCUT2D eigenvalue weighted by Crippen LogP contribution is -2.31. The molecule has 5 heteroatoms. The van der Waals surface area contributed by atoms with Crippen molar-refractivity contribution in [3.63, 3.8) is 0 Å². The third-order valence-electron chi connectivity index (χ3n) is 6.28. The van der Waals surface area contributed by atoms with Gasteiger partial charge in [-0.3, -0.25) is 14.6 Å². The van der Waals surface area contributed by atoms with Crippen molar-refractivity contribution in [2.75, 3.05) is 11.9 Å². The first-order valence-corrected chi connectivity index (χ1v) is 10.2. The molecule has 0 radical (unpaired) electrons. The Labute approximate surface area is 169 Å². The maximum atomic E-state index is 12.4. The Balaban J connectivity index is 1.60. The summed E-state index contributed by atoms with van der Waals surface area (Å²) in [5.41, 5.74) is 6.93. The van der Waals surface area contributed by atoms with Gasteiger partial charge < -0.3 is 9.47 Å². The summed E-state index contributed by atoms with van der Waals surface area (Å²) in [6.45, 7) is 0. The van der Waals surface area contributed by atoms with Crippen molar-refractivity contribution in [2.24, 2.45) is 0 Å². The maximum absolute atomic E-state index is 12.4. The number of nitrogens with zero attached hydrogens (tertiary/aromatic N) is 3. The molecular formula is C24H23N3O2. The number of carbonyl (C=O) groups excluding carboxylic acids is 1. The van der Waals surface area contributed by atoms with Crippen LogP contribution in [0.1, 0.15) is 42.0 Å². The fraction of sp³-hybridized carbons (Fsp3) is 0.292. The van der Waals surface area contributed by atoms with E-state index in [1.165, 1.54) is 11.1 Å². The van der Waals surface area contributed by atoms with Crippen LogP contribution in [0.25, 0.3) is 11.1 Å². The van der Waals surface area contributed by atoms with Crippen molar-refractivity contribution in [3.05, 3.63) is 82.0 Å². The van der Waals surface area contributed by atoms with Gasteiger partial charge in [0, 0.05) is 49.4 Å². The minimum absolute atomic E-state index is 0.0252. The predicted octanol–water partition coefficient (Wildman–Crippen LogP) is 3.75. The van der Waals surface area contributed by atoms with Crippen LogP contribution in [0, 0.1) is 0 Å². The third kappa shape index (κ3) is 2.97. The van der Waals surface area contributed by atoms with Crippen LogP contribution >= 0.6 is 0 Å². The fourth-order valence-electron chi connectivity index (χ4n) is 4.76. The number of benzene rings is 1. The van der Waals surface area contributed by atoms with Crippen molar-refractivity contribution in [3.8, 4) is 11.1 Å². The Morgan fingerprint density at radius 1 is 1.03 bits per heavy atom. The number of fused-ring (bicyclic) bond motifs is 2. The zero-order chi connectivity index (χ0) is 20.0. The molecule has 5 rings (SSSR count). The first kappa shape index (κ1) is 17.9. The van der Waals surface area contributed by atoms with E-state index in [0.29, 0.717) is 6.42 Å². The van der Waals surface area contributed by atoms with E-state index in [2.05, 4.69) is 17.1 Å². The minimum atomic E-state index is 0.0252. The van der Waals surface area contributed by atoms with Crippen LogP contribution in [0.15, 0.2) is 59.8 Å². The summed E-state index contributed by atoms with van der Waals surface area (Å²) in [6, 6.07) is 11.7. The zero-order valence-corrected chi connectivity index (χ0v) is 16.5. The normalized spacial score (nSPS) is 18.3. The van der Waals surface area contributed by atoms with Gasteiger partial charge in [0.15, 0.2) is 0 Å². The molecule has 146 valence electrons. The first-order valence-electron chi connectivity index (χ1n) is 10.2. The van der Waals surface area contributed by atoms with Crippen molar-refractivity contribution >= 4 is 11.6 Å². The number of hydrogen-bond acceptors (Lipinski definition) is 3. The van der Waals surface area contributed by atoms with Gasteiger partial charge in [0.2, 0.25) is 5.91 Å². The van der Waals surface area contributed by atoms with Crippen LogP contribution in [0.4, 0.5) is 5.69 Å². The quantitative estimate of drug-likeness (QED) is 0.675. The maximum Gasteiger partial charge on any atom is 0.251 e. The molecule has 1 aliphatic carbocycles. The van der Waals surface area contributed by atoms with Gasteiger partial charge in [0.1, 0.15) is 0 Å². The highest BCUT2D eigenvalue weighted by atomic mass is 16.2. The second-order valence-electron chi connectivity index (χ2n) is 7.91. The summed E-state index contributed by atoms with van der Waals surface area (Å²) < 4.78 is 1.83. The molecule has 29 heavy (non-hydrogen) atoms. The summed E-state index contributed by atoms with van der Waals surface area (Å²) in [6.07, 6.45) is 10.0. The van der Waals surface area contributed by atoms with Gasteiger partial charge in [-0.15, -0.1) is 0 Å². The topological polar surface area (TPSA) is 55.2 Å². The van der Waals surface area contributed by atoms with Gasteiger partial charge in [0.05, 0.1) is 6.04 Å². The highest BCUT2D eigenvalue weighted by Crippen LogP contribution is 2.38. The Hall–Kier alpha value is -3.21. The molecule has 1 aliphatic heterocycles. The molecule has 3 aromatic rings. The van der Waals surface area contributed by atoms with Gasteiger partial charge in [-0.05, 0) is 66.1 Å². The second-order valence-corrected chi connectivity index (χ2v) is 7.91. The summed E-state index contributed by atoms with van der Waals surface area (Å²) in [7, 11) is 1.84. The van der Waals surface area contributed by atoms with Crippen molar-refractivity contribution in [1.29, 1.82) is 0 Å². The molecular weight excluding hydrogens is 362 g/mol. The van der Waals surface area contributed by atoms with E-state index in [-0.39, 0.29) is 17.5 Å². The standard InChI is InChI=1S/C24H23N3O2/c1-26-21-10-8-16(13-17(21)9-11-23(26)28)19-14-25-15-20-18(19)5-4-6-22(20)27-12-3-2-7-24(27)29/h2-3,7-8,10,12-15,22H,4-6,9,11H2,1H3/t22-/m1/s1. The Morgan fingerprint density at radius 2 is 1.93 bits per heavy atom. The Bertz CT molecular complexity index is 1160. The third-order valence-corrected chi connectivity index (χ3v) is 6.28. The van der Waals surface area contributed by atoms with Crippen LogP contribution in [0.5, 0.6) is 0 Å². The summed E-state index contributed by atoms with van der Waals surface area (Å²) in [5.74, 6) is 0.167. The number of anilines is 1. The molecule has 0 saturated heterocycles. The molecule has 1 atom stereocenters. The lowest BCUT2D eigenvalue weighted by atomic mass is 9.84. The average Bonchev–Trinajstić information content (AvgIpc) is 2.76. The largest absolute Gasteiger partial charge is 0.315 e. The highest BCUT2D eigenvalue weighted by Gasteiger charge is 2.26. The number of rotatable bonds is 2. The SMILES string of the molecule is CN1C(=O)CCc2cc(-c3cncc4c3CCC[C@H]4n3ccccc3=O)ccc21. The summed E-state index contributed by atoms with van der Waals surface area (Å²) in [4.78, 5) is 30.7. The van der Waals surface area contributed by atoms with Crippen LogP contribution in [-0.2, 0) is 17.6 Å². The van der Waals surface area contributed by atoms with Gasteiger partial charge in [-0.1, -0.05) is 12.1 Å². The van der Waals surface area contributed by atoms with Gasteiger partial charge >= 0.3 is 0 Å². The van der Waals surface area contributed by atoms with E-state index < -0.39 is 0 Å². The van der Waals surface area contributed by atoms with Crippen molar-refractivity contribution < 1.29 is 4.79 Å². The minimum Gasteiger partial charge on any atom is -0.315 e. The van der Waals surface area contributed by atoms with E-state index in [1.54, 1.807) is 17.0 Å². The molecule has 3 heterocycles. The van der Waals surface area contributed by atoms with E-state index in [4.69, 9.17) is 0 Å². The molecule has 0 bridgehead atoms. The Morgan fingerprint density at radius 3 is 2.79 bits per heavy atom. The number of aromatic nitrogens is 2. The molecule has 1 amide bonds.